The van der Waals surface area contributed by atoms with Crippen molar-refractivity contribution in [2.24, 2.45) is 28.1 Å². The van der Waals surface area contributed by atoms with E-state index in [4.69, 9.17) is 4.74 Å². The Balaban J connectivity index is 1.86. The van der Waals surface area contributed by atoms with Crippen LogP contribution in [0.3, 0.4) is 0 Å². The minimum Gasteiger partial charge on any atom is -0.459 e. The van der Waals surface area contributed by atoms with E-state index >= 15 is 0 Å². The number of aliphatic hydroxyl groups is 1. The van der Waals surface area contributed by atoms with Crippen molar-refractivity contribution in [3.63, 3.8) is 0 Å². The Morgan fingerprint density at radius 1 is 1.24 bits per heavy atom. The molecule has 0 aromatic rings. The van der Waals surface area contributed by atoms with Crippen molar-refractivity contribution in [3.05, 3.63) is 12.2 Å². The number of rotatable bonds is 1. The fourth-order valence-corrected chi connectivity index (χ4v) is 7.97. The molecule has 0 amide bonds. The van der Waals surface area contributed by atoms with E-state index in [0.29, 0.717) is 11.8 Å². The van der Waals surface area contributed by atoms with Gasteiger partial charge < -0.3 is 9.84 Å². The second-order valence-electron chi connectivity index (χ2n) is 10.5. The highest BCUT2D eigenvalue weighted by Crippen LogP contribution is 2.74. The first-order chi connectivity index (χ1) is 11.6. The fraction of sp³-hybridized carbons (Fsp3) is 0.864. The third-order valence-corrected chi connectivity index (χ3v) is 8.87. The van der Waals surface area contributed by atoms with Crippen LogP contribution in [0.15, 0.2) is 12.2 Å². The first-order valence-electron chi connectivity index (χ1n) is 10.1. The molecule has 0 aliphatic heterocycles. The lowest BCUT2D eigenvalue weighted by molar-refractivity contribution is -0.300. The molecule has 4 saturated carbocycles. The summed E-state index contributed by atoms with van der Waals surface area (Å²) >= 11 is 0. The standard InChI is InChI=1S/C22H34O3/c1-14-12-21-10-7-17-19(3,4)8-6-9-20(17,5)22(21,24)18(25-15(2)23)11-16(14)13-21/h16-18,24H,1,6-13H2,2-5H3/t16-,17-,18-,20-,21-,22-/m1/s1. The van der Waals surface area contributed by atoms with Crippen molar-refractivity contribution in [2.45, 2.75) is 90.8 Å². The summed E-state index contributed by atoms with van der Waals surface area (Å²) in [7, 11) is 0. The van der Waals surface area contributed by atoms with Crippen LogP contribution in [-0.2, 0) is 9.53 Å². The van der Waals surface area contributed by atoms with Crippen molar-refractivity contribution < 1.29 is 14.6 Å². The van der Waals surface area contributed by atoms with Crippen LogP contribution in [0.25, 0.3) is 0 Å². The Hall–Kier alpha value is -0.830. The van der Waals surface area contributed by atoms with E-state index in [2.05, 4.69) is 27.4 Å². The quantitative estimate of drug-likeness (QED) is 0.556. The number of hydrogen-bond donors (Lipinski definition) is 1. The molecule has 0 aromatic carbocycles. The average Bonchev–Trinajstić information content (AvgIpc) is 2.75. The van der Waals surface area contributed by atoms with Crippen LogP contribution in [0.2, 0.25) is 0 Å². The largest absolute Gasteiger partial charge is 0.459 e. The Morgan fingerprint density at radius 3 is 2.64 bits per heavy atom. The van der Waals surface area contributed by atoms with E-state index in [1.807, 2.05) is 0 Å². The van der Waals surface area contributed by atoms with Crippen LogP contribution >= 0.6 is 0 Å². The second kappa shape index (κ2) is 5.12. The highest BCUT2D eigenvalue weighted by atomic mass is 16.6. The third kappa shape index (κ3) is 2.05. The maximum absolute atomic E-state index is 12.5. The van der Waals surface area contributed by atoms with E-state index in [-0.39, 0.29) is 28.3 Å². The second-order valence-corrected chi connectivity index (χ2v) is 10.5. The Kier molecular flexibility index (Phi) is 3.60. The van der Waals surface area contributed by atoms with Crippen LogP contribution in [0, 0.1) is 28.1 Å². The van der Waals surface area contributed by atoms with Gasteiger partial charge >= 0.3 is 5.97 Å². The summed E-state index contributed by atoms with van der Waals surface area (Å²) in [5, 5.41) is 12.5. The van der Waals surface area contributed by atoms with Gasteiger partial charge in [0.05, 0.1) is 0 Å². The number of esters is 1. The maximum atomic E-state index is 12.5. The highest BCUT2D eigenvalue weighted by molar-refractivity contribution is 5.66. The summed E-state index contributed by atoms with van der Waals surface area (Å²) in [5.41, 5.74) is 0.235. The molecule has 3 nitrogen and oxygen atoms in total. The molecule has 2 bridgehead atoms. The van der Waals surface area contributed by atoms with Crippen LogP contribution in [0.5, 0.6) is 0 Å². The van der Waals surface area contributed by atoms with Crippen molar-refractivity contribution in [3.8, 4) is 0 Å². The van der Waals surface area contributed by atoms with E-state index in [1.165, 1.54) is 25.3 Å². The first-order valence-corrected chi connectivity index (χ1v) is 10.1. The Morgan fingerprint density at radius 2 is 1.96 bits per heavy atom. The molecule has 0 saturated heterocycles. The van der Waals surface area contributed by atoms with Gasteiger partial charge in [-0.15, -0.1) is 0 Å². The molecule has 25 heavy (non-hydrogen) atoms. The van der Waals surface area contributed by atoms with Crippen LogP contribution in [0.1, 0.15) is 79.1 Å². The SMILES string of the molecule is C=C1C[C@@]23CC[C@@H]4C(C)(C)CCC[C@@]4(C)[C@]2(O)[C@H](OC(C)=O)C[C@@H]1C3. The zero-order valence-electron chi connectivity index (χ0n) is 16.4. The van der Waals surface area contributed by atoms with E-state index in [0.717, 1.165) is 38.5 Å². The highest BCUT2D eigenvalue weighted by Gasteiger charge is 2.74. The van der Waals surface area contributed by atoms with E-state index in [9.17, 15) is 9.90 Å². The zero-order valence-corrected chi connectivity index (χ0v) is 16.4. The monoisotopic (exact) mass is 346 g/mol. The molecule has 140 valence electrons. The summed E-state index contributed by atoms with van der Waals surface area (Å²) in [4.78, 5) is 11.9. The number of allylic oxidation sites excluding steroid dienone is 1. The minimum absolute atomic E-state index is 0.147. The summed E-state index contributed by atoms with van der Waals surface area (Å²) in [6, 6.07) is 0. The molecule has 0 aromatic heterocycles. The molecule has 4 fully saturated rings. The normalized spacial score (nSPS) is 50.8. The average molecular weight is 347 g/mol. The number of ether oxygens (including phenoxy) is 1. The van der Waals surface area contributed by atoms with Gasteiger partial charge in [0.15, 0.2) is 0 Å². The molecule has 4 aliphatic carbocycles. The number of fused-ring (bicyclic) bond motifs is 3. The molecular weight excluding hydrogens is 312 g/mol. The molecule has 1 spiro atoms. The summed E-state index contributed by atoms with van der Waals surface area (Å²) < 4.78 is 5.84. The van der Waals surface area contributed by atoms with Gasteiger partial charge in [-0.3, -0.25) is 4.79 Å². The fourth-order valence-electron chi connectivity index (χ4n) is 7.97. The summed E-state index contributed by atoms with van der Waals surface area (Å²) in [6.07, 6.45) is 7.94. The topological polar surface area (TPSA) is 46.5 Å². The Labute approximate surface area is 152 Å². The molecule has 0 unspecified atom stereocenters. The number of hydrogen-bond acceptors (Lipinski definition) is 3. The molecule has 1 N–H and O–H groups in total. The molecule has 6 atom stereocenters. The molecule has 0 heterocycles. The molecule has 3 heteroatoms. The molecule has 0 radical (unpaired) electrons. The number of carbonyl (C=O) groups is 1. The molecule has 4 rings (SSSR count). The lowest BCUT2D eigenvalue weighted by Crippen LogP contribution is -2.73. The van der Waals surface area contributed by atoms with Crippen molar-refractivity contribution in [2.75, 3.05) is 0 Å². The van der Waals surface area contributed by atoms with E-state index < -0.39 is 5.60 Å². The van der Waals surface area contributed by atoms with Crippen LogP contribution in [-0.4, -0.2) is 22.8 Å². The van der Waals surface area contributed by atoms with Crippen LogP contribution in [0.4, 0.5) is 0 Å². The van der Waals surface area contributed by atoms with Gasteiger partial charge in [-0.2, -0.15) is 0 Å². The molecular formula is C22H34O3. The van der Waals surface area contributed by atoms with E-state index in [1.54, 1.807) is 0 Å². The van der Waals surface area contributed by atoms with Gasteiger partial charge in [-0.05, 0) is 62.2 Å². The van der Waals surface area contributed by atoms with Crippen molar-refractivity contribution in [1.29, 1.82) is 0 Å². The predicted molar refractivity (Wildman–Crippen MR) is 97.9 cm³/mol. The third-order valence-electron chi connectivity index (χ3n) is 8.87. The van der Waals surface area contributed by atoms with Gasteiger partial charge in [0.25, 0.3) is 0 Å². The minimum atomic E-state index is -0.928. The molecule has 4 aliphatic rings. The first kappa shape index (κ1) is 17.6. The smallest absolute Gasteiger partial charge is 0.303 e. The van der Waals surface area contributed by atoms with Gasteiger partial charge in [-0.1, -0.05) is 39.3 Å². The lowest BCUT2D eigenvalue weighted by atomic mass is 9.38. The predicted octanol–water partition coefficient (Wildman–Crippen LogP) is 4.63. The van der Waals surface area contributed by atoms with Gasteiger partial charge in [-0.25, -0.2) is 0 Å². The number of carbonyl (C=O) groups excluding carboxylic acids is 1. The van der Waals surface area contributed by atoms with Gasteiger partial charge in [0.2, 0.25) is 0 Å². The van der Waals surface area contributed by atoms with Gasteiger partial charge in [0.1, 0.15) is 11.7 Å². The summed E-state index contributed by atoms with van der Waals surface area (Å²) in [6.45, 7) is 12.9. The van der Waals surface area contributed by atoms with Crippen molar-refractivity contribution >= 4 is 5.97 Å². The van der Waals surface area contributed by atoms with Gasteiger partial charge in [0, 0.05) is 17.8 Å². The maximum Gasteiger partial charge on any atom is 0.303 e. The van der Waals surface area contributed by atoms with Crippen molar-refractivity contribution in [1.82, 2.24) is 0 Å². The van der Waals surface area contributed by atoms with Crippen LogP contribution < -0.4 is 0 Å². The Bertz CT molecular complexity index is 623. The summed E-state index contributed by atoms with van der Waals surface area (Å²) in [5.74, 6) is 0.621. The zero-order chi connectivity index (χ0) is 18.3. The lowest BCUT2D eigenvalue weighted by Gasteiger charge is -2.69.